The maximum Gasteiger partial charge on any atom is 0.408 e. The Bertz CT molecular complexity index is 1310. The molecule has 4 aromatic carbocycles. The normalized spacial score (nSPS) is 16.9. The Kier molecular flexibility index (Phi) is 7.81. The number of anilines is 1. The summed E-state index contributed by atoms with van der Waals surface area (Å²) in [5, 5.41) is 5.86. The maximum atomic E-state index is 13.8. The van der Waals surface area contributed by atoms with Crippen molar-refractivity contribution in [2.24, 2.45) is 5.73 Å². The molecule has 0 radical (unpaired) electrons. The molecule has 0 aliphatic heterocycles. The lowest BCUT2D eigenvalue weighted by Gasteiger charge is -2.28. The van der Waals surface area contributed by atoms with Crippen LogP contribution in [0.4, 0.5) is 10.5 Å². The molecular formula is C32H31N3O3. The van der Waals surface area contributed by atoms with E-state index in [0.717, 1.165) is 23.1 Å². The highest BCUT2D eigenvalue weighted by molar-refractivity contribution is 5.97. The topological polar surface area (TPSA) is 93.5 Å². The van der Waals surface area contributed by atoms with Crippen molar-refractivity contribution in [2.75, 3.05) is 5.32 Å². The van der Waals surface area contributed by atoms with Crippen molar-refractivity contribution in [1.82, 2.24) is 5.32 Å². The van der Waals surface area contributed by atoms with E-state index in [9.17, 15) is 9.59 Å². The zero-order valence-corrected chi connectivity index (χ0v) is 21.0. The summed E-state index contributed by atoms with van der Waals surface area (Å²) in [6, 6.07) is 35.9. The number of rotatable bonds is 9. The van der Waals surface area contributed by atoms with E-state index in [4.69, 9.17) is 10.5 Å². The van der Waals surface area contributed by atoms with Crippen LogP contribution in [0.2, 0.25) is 0 Å². The zero-order chi connectivity index (χ0) is 26.3. The smallest absolute Gasteiger partial charge is 0.408 e. The van der Waals surface area contributed by atoms with Crippen molar-refractivity contribution in [1.29, 1.82) is 0 Å². The first kappa shape index (κ1) is 25.2. The van der Waals surface area contributed by atoms with E-state index in [-0.39, 0.29) is 18.6 Å². The highest BCUT2D eigenvalue weighted by Crippen LogP contribution is 2.39. The fourth-order valence-electron chi connectivity index (χ4n) is 4.72. The van der Waals surface area contributed by atoms with Gasteiger partial charge in [0, 0.05) is 23.6 Å². The van der Waals surface area contributed by atoms with Gasteiger partial charge >= 0.3 is 6.09 Å². The standard InChI is InChI=1S/C32H31N3O3/c33-28-20-27(28)23-16-18-26(19-17-23)34-31(36)30(35-32(37)38-21-22-10-4-1-5-11-22)29(24-12-6-2-7-13-24)25-14-8-3-9-15-25/h1-19,27-30H,20-21,33H2,(H,34,36)(H,35,37)/t27-,28+,30?/m0/s1. The average Bonchev–Trinajstić information content (AvgIpc) is 3.70. The van der Waals surface area contributed by atoms with Gasteiger partial charge in [0.05, 0.1) is 0 Å². The summed E-state index contributed by atoms with van der Waals surface area (Å²) in [6.07, 6.45) is 0.322. The van der Waals surface area contributed by atoms with Gasteiger partial charge in [0.15, 0.2) is 0 Å². The van der Waals surface area contributed by atoms with Crippen molar-refractivity contribution in [3.8, 4) is 0 Å². The first-order valence-electron chi connectivity index (χ1n) is 12.8. The average molecular weight is 506 g/mol. The summed E-state index contributed by atoms with van der Waals surface area (Å²) in [4.78, 5) is 26.8. The Balaban J connectivity index is 1.40. The van der Waals surface area contributed by atoms with Gasteiger partial charge in [-0.25, -0.2) is 4.79 Å². The second kappa shape index (κ2) is 11.8. The van der Waals surface area contributed by atoms with Gasteiger partial charge in [-0.2, -0.15) is 0 Å². The maximum absolute atomic E-state index is 13.8. The van der Waals surface area contributed by atoms with E-state index in [0.29, 0.717) is 11.6 Å². The number of benzene rings is 4. The fraction of sp³-hybridized carbons (Fsp3) is 0.188. The molecule has 5 rings (SSSR count). The molecule has 1 fully saturated rings. The van der Waals surface area contributed by atoms with Gasteiger partial charge in [0.2, 0.25) is 5.91 Å². The lowest BCUT2D eigenvalue weighted by molar-refractivity contribution is -0.118. The highest BCUT2D eigenvalue weighted by atomic mass is 16.5. The first-order valence-corrected chi connectivity index (χ1v) is 12.8. The number of alkyl carbamates (subject to hydrolysis) is 1. The molecule has 6 heteroatoms. The predicted octanol–water partition coefficient (Wildman–Crippen LogP) is 5.57. The van der Waals surface area contributed by atoms with E-state index in [1.807, 2.05) is 115 Å². The molecule has 0 aromatic heterocycles. The molecule has 0 heterocycles. The van der Waals surface area contributed by atoms with Crippen molar-refractivity contribution in [3.05, 3.63) is 138 Å². The lowest BCUT2D eigenvalue weighted by Crippen LogP contribution is -2.48. The number of hydrogen-bond donors (Lipinski definition) is 3. The van der Waals surface area contributed by atoms with Gasteiger partial charge in [-0.3, -0.25) is 4.79 Å². The Hall–Kier alpha value is -4.42. The van der Waals surface area contributed by atoms with Gasteiger partial charge in [-0.15, -0.1) is 0 Å². The van der Waals surface area contributed by atoms with E-state index in [1.165, 1.54) is 5.56 Å². The predicted molar refractivity (Wildman–Crippen MR) is 149 cm³/mol. The largest absolute Gasteiger partial charge is 0.445 e. The van der Waals surface area contributed by atoms with E-state index >= 15 is 0 Å². The van der Waals surface area contributed by atoms with Crippen LogP contribution in [-0.2, 0) is 16.1 Å². The SMILES string of the molecule is N[C@@H]1C[C@H]1c1ccc(NC(=O)C(NC(=O)OCc2ccccc2)C(c2ccccc2)c2ccccc2)cc1. The van der Waals surface area contributed by atoms with E-state index in [2.05, 4.69) is 10.6 Å². The quantitative estimate of drug-likeness (QED) is 0.277. The van der Waals surface area contributed by atoms with Crippen LogP contribution >= 0.6 is 0 Å². The second-order valence-corrected chi connectivity index (χ2v) is 9.60. The summed E-state index contributed by atoms with van der Waals surface area (Å²) < 4.78 is 5.50. The molecule has 6 nitrogen and oxygen atoms in total. The molecule has 1 unspecified atom stereocenters. The fourth-order valence-corrected chi connectivity index (χ4v) is 4.72. The molecule has 1 aliphatic carbocycles. The number of hydrogen-bond acceptors (Lipinski definition) is 4. The third-order valence-electron chi connectivity index (χ3n) is 6.87. The molecule has 4 aromatic rings. The minimum Gasteiger partial charge on any atom is -0.445 e. The van der Waals surface area contributed by atoms with Gasteiger partial charge in [-0.1, -0.05) is 103 Å². The van der Waals surface area contributed by atoms with Crippen LogP contribution in [0.1, 0.15) is 40.5 Å². The first-order chi connectivity index (χ1) is 18.6. The number of nitrogens with two attached hydrogens (primary N) is 1. The zero-order valence-electron chi connectivity index (χ0n) is 21.0. The second-order valence-electron chi connectivity index (χ2n) is 9.60. The van der Waals surface area contributed by atoms with E-state index in [1.54, 1.807) is 0 Å². The number of nitrogens with one attached hydrogen (secondary N) is 2. The summed E-state index contributed by atoms with van der Waals surface area (Å²) in [6.45, 7) is 0.104. The lowest BCUT2D eigenvalue weighted by atomic mass is 9.84. The Morgan fingerprint density at radius 2 is 1.32 bits per heavy atom. The molecular weight excluding hydrogens is 474 g/mol. The third kappa shape index (κ3) is 6.28. The number of carbonyl (C=O) groups is 2. The van der Waals surface area contributed by atoms with Gasteiger partial charge in [-0.05, 0) is 40.8 Å². The van der Waals surface area contributed by atoms with Crippen LogP contribution in [0.25, 0.3) is 0 Å². The molecule has 38 heavy (non-hydrogen) atoms. The summed E-state index contributed by atoms with van der Waals surface area (Å²) in [5.74, 6) is -0.394. The van der Waals surface area contributed by atoms with Crippen molar-refractivity contribution < 1.29 is 14.3 Å². The van der Waals surface area contributed by atoms with Gasteiger partial charge in [0.1, 0.15) is 12.6 Å². The van der Waals surface area contributed by atoms with Gasteiger partial charge < -0.3 is 21.1 Å². The van der Waals surface area contributed by atoms with Crippen LogP contribution in [0.3, 0.4) is 0 Å². The molecule has 3 atom stereocenters. The number of ether oxygens (including phenoxy) is 1. The van der Waals surface area contributed by atoms with Crippen molar-refractivity contribution in [2.45, 2.75) is 36.9 Å². The summed E-state index contributed by atoms with van der Waals surface area (Å²) >= 11 is 0. The molecule has 4 N–H and O–H groups in total. The van der Waals surface area contributed by atoms with Crippen LogP contribution in [0.5, 0.6) is 0 Å². The van der Waals surface area contributed by atoms with Gasteiger partial charge in [0.25, 0.3) is 0 Å². The number of amides is 2. The van der Waals surface area contributed by atoms with Crippen LogP contribution < -0.4 is 16.4 Å². The van der Waals surface area contributed by atoms with Crippen LogP contribution in [0, 0.1) is 0 Å². The Morgan fingerprint density at radius 3 is 1.84 bits per heavy atom. The molecule has 1 saturated carbocycles. The van der Waals surface area contributed by atoms with Crippen LogP contribution in [0.15, 0.2) is 115 Å². The highest BCUT2D eigenvalue weighted by Gasteiger charge is 2.35. The summed E-state index contributed by atoms with van der Waals surface area (Å²) in [7, 11) is 0. The molecule has 2 amide bonds. The minimum atomic E-state index is -0.931. The van der Waals surface area contributed by atoms with Crippen molar-refractivity contribution in [3.63, 3.8) is 0 Å². The minimum absolute atomic E-state index is 0.104. The van der Waals surface area contributed by atoms with Crippen LogP contribution in [-0.4, -0.2) is 24.1 Å². The molecule has 0 bridgehead atoms. The number of carbonyl (C=O) groups excluding carboxylic acids is 2. The molecule has 0 saturated heterocycles. The molecule has 0 spiro atoms. The Labute approximate surface area is 222 Å². The molecule has 1 aliphatic rings. The van der Waals surface area contributed by atoms with E-state index < -0.39 is 18.1 Å². The van der Waals surface area contributed by atoms with Crippen molar-refractivity contribution >= 4 is 17.7 Å². The monoisotopic (exact) mass is 505 g/mol. The summed E-state index contributed by atoms with van der Waals surface area (Å²) in [5.41, 5.74) is 10.5. The third-order valence-corrected chi connectivity index (χ3v) is 6.87. The molecule has 192 valence electrons. The Morgan fingerprint density at radius 1 is 0.789 bits per heavy atom.